The maximum Gasteiger partial charge on any atom is 0.166 e. The lowest BCUT2D eigenvalue weighted by Gasteiger charge is -2.14. The Bertz CT molecular complexity index is 615. The number of hydrazine groups is 1. The molecule has 5 N–H and O–H groups in total. The van der Waals surface area contributed by atoms with Gasteiger partial charge in [-0.05, 0) is 37.8 Å². The van der Waals surface area contributed by atoms with Crippen molar-refractivity contribution in [1.29, 1.82) is 0 Å². The summed E-state index contributed by atoms with van der Waals surface area (Å²) in [5.74, 6) is 1.99. The minimum absolute atomic E-state index is 0.474. The third-order valence-corrected chi connectivity index (χ3v) is 3.96. The van der Waals surface area contributed by atoms with Crippen molar-refractivity contribution in [3.8, 4) is 0 Å². The smallest absolute Gasteiger partial charge is 0.166 e. The van der Waals surface area contributed by atoms with Crippen molar-refractivity contribution in [2.75, 3.05) is 24.1 Å². The Labute approximate surface area is 123 Å². The maximum atomic E-state index is 5.67. The first-order valence-electron chi connectivity index (χ1n) is 7.33. The molecule has 0 aromatic carbocycles. The second-order valence-corrected chi connectivity index (χ2v) is 5.47. The van der Waals surface area contributed by atoms with Gasteiger partial charge in [-0.1, -0.05) is 0 Å². The van der Waals surface area contributed by atoms with Crippen molar-refractivity contribution in [3.05, 3.63) is 18.5 Å². The summed E-state index contributed by atoms with van der Waals surface area (Å²) in [4.78, 5) is 12.6. The van der Waals surface area contributed by atoms with Crippen LogP contribution in [0, 0.1) is 5.92 Å². The van der Waals surface area contributed by atoms with Crippen LogP contribution in [0.2, 0.25) is 0 Å². The number of nitrogens with two attached hydrogens (primary N) is 1. The first kappa shape index (κ1) is 14.0. The molecule has 0 aliphatic carbocycles. The molecule has 3 rings (SSSR count). The van der Waals surface area contributed by atoms with Crippen molar-refractivity contribution in [1.82, 2.24) is 25.8 Å². The normalized spacial score (nSPS) is 21.8. The number of fused-ring (bicyclic) bond motifs is 1. The number of nitrogens with zero attached hydrogens (tertiary/aromatic N) is 3. The van der Waals surface area contributed by atoms with Gasteiger partial charge in [-0.15, -0.1) is 0 Å². The zero-order chi connectivity index (χ0) is 14.7. The largest absolute Gasteiger partial charge is 0.384 e. The fraction of sp³-hybridized carbons (Fsp3) is 0.500. The molecule has 2 atom stereocenters. The minimum atomic E-state index is 0.474. The molecule has 1 aliphatic rings. The number of hydrogen-bond donors (Lipinski definition) is 4. The first-order chi connectivity index (χ1) is 10.2. The van der Waals surface area contributed by atoms with Crippen molar-refractivity contribution in [2.45, 2.75) is 25.8 Å². The van der Waals surface area contributed by atoms with E-state index in [2.05, 4.69) is 38.0 Å². The Balaban J connectivity index is 1.58. The van der Waals surface area contributed by atoms with Crippen molar-refractivity contribution in [2.24, 2.45) is 5.92 Å². The number of anilines is 2. The van der Waals surface area contributed by atoms with Gasteiger partial charge in [0.15, 0.2) is 5.65 Å². The van der Waals surface area contributed by atoms with Crippen molar-refractivity contribution < 1.29 is 0 Å². The predicted octanol–water partition coefficient (Wildman–Crippen LogP) is 0.912. The molecule has 0 radical (unpaired) electrons. The summed E-state index contributed by atoms with van der Waals surface area (Å²) in [6.07, 6.45) is 3.80. The lowest BCUT2D eigenvalue weighted by molar-refractivity contribution is 0.452. The number of rotatable bonds is 5. The average molecular weight is 287 g/mol. The van der Waals surface area contributed by atoms with Gasteiger partial charge in [-0.2, -0.15) is 0 Å². The highest BCUT2D eigenvalue weighted by molar-refractivity contribution is 5.86. The van der Waals surface area contributed by atoms with E-state index in [9.17, 15) is 0 Å². The maximum absolute atomic E-state index is 5.67. The third kappa shape index (κ3) is 3.20. The van der Waals surface area contributed by atoms with Gasteiger partial charge in [0, 0.05) is 19.1 Å². The summed E-state index contributed by atoms with van der Waals surface area (Å²) in [7, 11) is 0. The molecule has 2 unspecified atom stereocenters. The summed E-state index contributed by atoms with van der Waals surface area (Å²) in [5, 5.41) is 4.28. The van der Waals surface area contributed by atoms with Gasteiger partial charge in [0.1, 0.15) is 18.0 Å². The molecular weight excluding hydrogens is 266 g/mol. The molecule has 112 valence electrons. The molecule has 1 fully saturated rings. The van der Waals surface area contributed by atoms with E-state index in [0.29, 0.717) is 23.4 Å². The summed E-state index contributed by atoms with van der Waals surface area (Å²) >= 11 is 0. The van der Waals surface area contributed by atoms with Gasteiger partial charge in [-0.3, -0.25) is 10.9 Å². The summed E-state index contributed by atoms with van der Waals surface area (Å²) in [5.41, 5.74) is 12.8. The Morgan fingerprint density at radius 2 is 2.29 bits per heavy atom. The van der Waals surface area contributed by atoms with E-state index in [4.69, 9.17) is 5.73 Å². The fourth-order valence-electron chi connectivity index (χ4n) is 2.67. The third-order valence-electron chi connectivity index (χ3n) is 3.96. The molecule has 21 heavy (non-hydrogen) atoms. The van der Waals surface area contributed by atoms with Gasteiger partial charge in [0.05, 0.1) is 5.39 Å². The van der Waals surface area contributed by atoms with Gasteiger partial charge < -0.3 is 11.1 Å². The number of nitrogens with one attached hydrogen (secondary N) is 3. The summed E-state index contributed by atoms with van der Waals surface area (Å²) in [6, 6.07) is 4.22. The quantitative estimate of drug-likeness (QED) is 0.606. The Kier molecular flexibility index (Phi) is 4.12. The van der Waals surface area contributed by atoms with Crippen LogP contribution in [0.5, 0.6) is 0 Å². The molecule has 7 nitrogen and oxygen atoms in total. The zero-order valence-electron chi connectivity index (χ0n) is 12.1. The van der Waals surface area contributed by atoms with E-state index >= 15 is 0 Å². The molecule has 0 saturated carbocycles. The number of aromatic nitrogens is 3. The number of hydrogen-bond acceptors (Lipinski definition) is 7. The molecule has 1 saturated heterocycles. The van der Waals surface area contributed by atoms with Crippen LogP contribution in [0.4, 0.5) is 11.6 Å². The van der Waals surface area contributed by atoms with Crippen molar-refractivity contribution >= 4 is 22.7 Å². The molecule has 3 heterocycles. The molecular formula is C14H21N7. The van der Waals surface area contributed by atoms with E-state index in [1.54, 1.807) is 6.07 Å². The monoisotopic (exact) mass is 287 g/mol. The molecule has 7 heteroatoms. The highest BCUT2D eigenvalue weighted by Gasteiger charge is 2.21. The average Bonchev–Trinajstić information content (AvgIpc) is 2.88. The van der Waals surface area contributed by atoms with Gasteiger partial charge in [-0.25, -0.2) is 15.0 Å². The van der Waals surface area contributed by atoms with Crippen LogP contribution in [-0.4, -0.2) is 34.1 Å². The van der Waals surface area contributed by atoms with Crippen molar-refractivity contribution in [3.63, 3.8) is 0 Å². The topological polar surface area (TPSA) is 101 Å². The second-order valence-electron chi connectivity index (χ2n) is 5.47. The van der Waals surface area contributed by atoms with Crippen LogP contribution < -0.4 is 21.9 Å². The number of pyridine rings is 1. The molecule has 0 spiro atoms. The predicted molar refractivity (Wildman–Crippen MR) is 83.6 cm³/mol. The Morgan fingerprint density at radius 3 is 3.10 bits per heavy atom. The molecule has 2 aromatic rings. The van der Waals surface area contributed by atoms with Gasteiger partial charge in [0.2, 0.25) is 0 Å². The summed E-state index contributed by atoms with van der Waals surface area (Å²) < 4.78 is 0. The Hall–Kier alpha value is -1.99. The zero-order valence-corrected chi connectivity index (χ0v) is 12.1. The van der Waals surface area contributed by atoms with E-state index < -0.39 is 0 Å². The fourth-order valence-corrected chi connectivity index (χ4v) is 2.67. The van der Waals surface area contributed by atoms with E-state index in [1.165, 1.54) is 12.7 Å². The standard InChI is InChI=1S/C14H21N7/c1-9-10(7-19-21-9)3-2-6-16-13-11-4-5-12(15)20-14(11)18-8-17-13/h4-5,8-10,19,21H,2-3,6-7H2,1H3,(H3,15,16,17,18,20). The van der Waals surface area contributed by atoms with Crippen LogP contribution in [0.1, 0.15) is 19.8 Å². The SMILES string of the molecule is CC1NNCC1CCCNc1ncnc2nc(N)ccc12. The van der Waals surface area contributed by atoms with Gasteiger partial charge in [0.25, 0.3) is 0 Å². The van der Waals surface area contributed by atoms with Crippen LogP contribution in [0.3, 0.4) is 0 Å². The van der Waals surface area contributed by atoms with Gasteiger partial charge >= 0.3 is 0 Å². The molecule has 0 bridgehead atoms. The Morgan fingerprint density at radius 1 is 1.38 bits per heavy atom. The highest BCUT2D eigenvalue weighted by atomic mass is 15.4. The highest BCUT2D eigenvalue weighted by Crippen LogP contribution is 2.19. The molecule has 2 aromatic heterocycles. The summed E-state index contributed by atoms with van der Waals surface area (Å²) in [6.45, 7) is 4.15. The lowest BCUT2D eigenvalue weighted by Crippen LogP contribution is -2.28. The second kappa shape index (κ2) is 6.19. The molecule has 1 aliphatic heterocycles. The molecule has 0 amide bonds. The van der Waals surface area contributed by atoms with Crippen LogP contribution in [0.15, 0.2) is 18.5 Å². The van der Waals surface area contributed by atoms with Crippen LogP contribution in [0.25, 0.3) is 11.0 Å². The van der Waals surface area contributed by atoms with E-state index in [-0.39, 0.29) is 0 Å². The number of nitrogen functional groups attached to an aromatic ring is 1. The van der Waals surface area contributed by atoms with Crippen LogP contribution >= 0.6 is 0 Å². The first-order valence-corrected chi connectivity index (χ1v) is 7.33. The van der Waals surface area contributed by atoms with E-state index in [1.807, 2.05) is 6.07 Å². The van der Waals surface area contributed by atoms with E-state index in [0.717, 1.165) is 30.7 Å². The minimum Gasteiger partial charge on any atom is -0.384 e. The lowest BCUT2D eigenvalue weighted by atomic mass is 9.98. The van der Waals surface area contributed by atoms with Crippen LogP contribution in [-0.2, 0) is 0 Å².